The molecule has 1 aliphatic heterocycles. The first-order valence-electron chi connectivity index (χ1n) is 9.78. The molecule has 7 nitrogen and oxygen atoms in total. The van der Waals surface area contributed by atoms with E-state index < -0.39 is 0 Å². The molecule has 2 heterocycles. The predicted molar refractivity (Wildman–Crippen MR) is 102 cm³/mol. The van der Waals surface area contributed by atoms with Crippen LogP contribution < -0.4 is 5.32 Å². The topological polar surface area (TPSA) is 77.1 Å². The van der Waals surface area contributed by atoms with Crippen molar-refractivity contribution in [3.63, 3.8) is 0 Å². The van der Waals surface area contributed by atoms with Crippen molar-refractivity contribution in [1.82, 2.24) is 20.3 Å². The van der Waals surface area contributed by atoms with Crippen molar-refractivity contribution in [3.05, 3.63) is 17.5 Å². The average Bonchev–Trinajstić information content (AvgIpc) is 3.04. The van der Waals surface area contributed by atoms with Crippen LogP contribution in [0, 0.1) is 12.3 Å². The van der Waals surface area contributed by atoms with Crippen molar-refractivity contribution in [2.24, 2.45) is 10.4 Å². The lowest BCUT2D eigenvalue weighted by molar-refractivity contribution is 0.00350. The molecule has 2 fully saturated rings. The van der Waals surface area contributed by atoms with Crippen molar-refractivity contribution >= 4 is 5.96 Å². The number of piperazine rings is 1. The molecular formula is C19H33N5O2. The number of nitrogens with one attached hydrogen (secondary N) is 1. The predicted octanol–water partition coefficient (Wildman–Crippen LogP) is 1.62. The van der Waals surface area contributed by atoms with Gasteiger partial charge in [0, 0.05) is 57.8 Å². The lowest BCUT2D eigenvalue weighted by atomic mass is 9.73. The molecule has 0 aromatic carbocycles. The van der Waals surface area contributed by atoms with E-state index >= 15 is 0 Å². The molecule has 1 saturated heterocycles. The zero-order valence-corrected chi connectivity index (χ0v) is 16.4. The van der Waals surface area contributed by atoms with Crippen LogP contribution in [0.25, 0.3) is 0 Å². The molecule has 2 unspecified atom stereocenters. The van der Waals surface area contributed by atoms with Gasteiger partial charge in [-0.05, 0) is 19.8 Å². The molecule has 146 valence electrons. The fourth-order valence-corrected chi connectivity index (χ4v) is 4.04. The van der Waals surface area contributed by atoms with E-state index in [1.54, 1.807) is 0 Å². The van der Waals surface area contributed by atoms with Crippen molar-refractivity contribution < 1.29 is 9.63 Å². The van der Waals surface area contributed by atoms with E-state index in [2.05, 4.69) is 32.2 Å². The zero-order valence-electron chi connectivity index (χ0n) is 16.4. The molecule has 0 radical (unpaired) electrons. The monoisotopic (exact) mass is 363 g/mol. The van der Waals surface area contributed by atoms with Gasteiger partial charge in [0.2, 0.25) is 0 Å². The Hall–Kier alpha value is -1.60. The zero-order chi connectivity index (χ0) is 18.6. The van der Waals surface area contributed by atoms with Crippen molar-refractivity contribution in [3.8, 4) is 0 Å². The molecule has 3 rings (SSSR count). The van der Waals surface area contributed by atoms with Gasteiger partial charge in [0.15, 0.2) is 5.96 Å². The number of rotatable bonds is 4. The highest BCUT2D eigenvalue weighted by atomic mass is 16.5. The maximum Gasteiger partial charge on any atom is 0.193 e. The summed E-state index contributed by atoms with van der Waals surface area (Å²) in [4.78, 5) is 9.17. The molecule has 1 saturated carbocycles. The Kier molecular flexibility index (Phi) is 6.19. The smallest absolute Gasteiger partial charge is 0.193 e. The molecule has 2 N–H and O–H groups in total. The molecule has 2 aliphatic rings. The number of guanidine groups is 1. The Morgan fingerprint density at radius 3 is 2.77 bits per heavy atom. The lowest BCUT2D eigenvalue weighted by Crippen LogP contribution is -2.54. The summed E-state index contributed by atoms with van der Waals surface area (Å²) >= 11 is 0. The van der Waals surface area contributed by atoms with Crippen LogP contribution in [-0.4, -0.2) is 71.9 Å². The van der Waals surface area contributed by atoms with Gasteiger partial charge < -0.3 is 19.8 Å². The normalized spacial score (nSPS) is 28.4. The van der Waals surface area contributed by atoms with Crippen LogP contribution in [0.2, 0.25) is 0 Å². The van der Waals surface area contributed by atoms with Crippen LogP contribution in [0.3, 0.4) is 0 Å². The Labute approximate surface area is 156 Å². The second-order valence-electron chi connectivity index (χ2n) is 8.01. The summed E-state index contributed by atoms with van der Waals surface area (Å²) in [5.41, 5.74) is 0.943. The lowest BCUT2D eigenvalue weighted by Gasteiger charge is -2.41. The van der Waals surface area contributed by atoms with Gasteiger partial charge in [-0.1, -0.05) is 24.9 Å². The SMILES string of the molecule is CN=C(NCC1(C)CCCCC1O)N1CCN(Cc2cc(C)on2)CC1. The molecule has 1 aromatic heterocycles. The van der Waals surface area contributed by atoms with Crippen molar-refractivity contribution in [2.45, 2.75) is 52.2 Å². The fraction of sp³-hybridized carbons (Fsp3) is 0.789. The molecule has 2 atom stereocenters. The van der Waals surface area contributed by atoms with Gasteiger partial charge in [0.1, 0.15) is 5.76 Å². The van der Waals surface area contributed by atoms with Gasteiger partial charge in [0.25, 0.3) is 0 Å². The van der Waals surface area contributed by atoms with Crippen molar-refractivity contribution in [2.75, 3.05) is 39.8 Å². The van der Waals surface area contributed by atoms with Crippen LogP contribution in [0.15, 0.2) is 15.6 Å². The van der Waals surface area contributed by atoms with E-state index in [1.165, 1.54) is 6.42 Å². The van der Waals surface area contributed by atoms with Gasteiger partial charge in [-0.25, -0.2) is 0 Å². The van der Waals surface area contributed by atoms with E-state index in [0.717, 1.165) is 75.9 Å². The van der Waals surface area contributed by atoms with E-state index in [9.17, 15) is 5.11 Å². The highest BCUT2D eigenvalue weighted by molar-refractivity contribution is 5.80. The Morgan fingerprint density at radius 1 is 1.38 bits per heavy atom. The summed E-state index contributed by atoms with van der Waals surface area (Å²) in [5, 5.41) is 18.0. The van der Waals surface area contributed by atoms with Gasteiger partial charge in [-0.2, -0.15) is 0 Å². The van der Waals surface area contributed by atoms with Crippen LogP contribution in [-0.2, 0) is 6.54 Å². The van der Waals surface area contributed by atoms with Gasteiger partial charge in [-0.3, -0.25) is 9.89 Å². The number of aromatic nitrogens is 1. The molecule has 0 spiro atoms. The van der Waals surface area contributed by atoms with Crippen LogP contribution >= 0.6 is 0 Å². The van der Waals surface area contributed by atoms with Gasteiger partial charge in [0.05, 0.1) is 11.8 Å². The van der Waals surface area contributed by atoms with Crippen LogP contribution in [0.1, 0.15) is 44.1 Å². The third-order valence-corrected chi connectivity index (χ3v) is 5.88. The molecule has 0 bridgehead atoms. The number of aliphatic imine (C=N–C) groups is 1. The molecule has 7 heteroatoms. The minimum absolute atomic E-state index is 0.0547. The van der Waals surface area contributed by atoms with E-state index in [1.807, 2.05) is 20.0 Å². The summed E-state index contributed by atoms with van der Waals surface area (Å²) in [6.07, 6.45) is 4.11. The van der Waals surface area contributed by atoms with Gasteiger partial charge in [-0.15, -0.1) is 0 Å². The average molecular weight is 364 g/mol. The van der Waals surface area contributed by atoms with E-state index in [0.29, 0.717) is 0 Å². The van der Waals surface area contributed by atoms with Gasteiger partial charge >= 0.3 is 0 Å². The Balaban J connectivity index is 1.47. The molecular weight excluding hydrogens is 330 g/mol. The number of aliphatic hydroxyl groups excluding tert-OH is 1. The molecule has 0 amide bonds. The number of aliphatic hydroxyl groups is 1. The molecule has 1 aliphatic carbocycles. The summed E-state index contributed by atoms with van der Waals surface area (Å²) in [6, 6.07) is 2.00. The highest BCUT2D eigenvalue weighted by Crippen LogP contribution is 2.35. The number of aryl methyl sites for hydroxylation is 1. The van der Waals surface area contributed by atoms with E-state index in [4.69, 9.17) is 4.52 Å². The Morgan fingerprint density at radius 2 is 2.15 bits per heavy atom. The minimum Gasteiger partial charge on any atom is -0.392 e. The highest BCUT2D eigenvalue weighted by Gasteiger charge is 2.35. The second kappa shape index (κ2) is 8.39. The molecule has 1 aromatic rings. The quantitative estimate of drug-likeness (QED) is 0.625. The maximum atomic E-state index is 10.4. The number of hydrogen-bond acceptors (Lipinski definition) is 5. The largest absolute Gasteiger partial charge is 0.392 e. The van der Waals surface area contributed by atoms with Crippen LogP contribution in [0.4, 0.5) is 0 Å². The molecule has 26 heavy (non-hydrogen) atoms. The summed E-state index contributed by atoms with van der Waals surface area (Å²) < 4.78 is 5.15. The summed E-state index contributed by atoms with van der Waals surface area (Å²) in [7, 11) is 1.84. The van der Waals surface area contributed by atoms with Crippen LogP contribution in [0.5, 0.6) is 0 Å². The third-order valence-electron chi connectivity index (χ3n) is 5.88. The van der Waals surface area contributed by atoms with Crippen molar-refractivity contribution in [1.29, 1.82) is 0 Å². The second-order valence-corrected chi connectivity index (χ2v) is 8.01. The maximum absolute atomic E-state index is 10.4. The summed E-state index contributed by atoms with van der Waals surface area (Å²) in [6.45, 7) is 9.56. The Bertz CT molecular complexity index is 609. The first-order valence-corrected chi connectivity index (χ1v) is 9.78. The standard InChI is InChI=1S/C19H33N5O2/c1-15-12-16(22-26-15)13-23-8-10-24(11-9-23)18(20-3)21-14-19(2)7-5-4-6-17(19)25/h12,17,25H,4-11,13-14H2,1-3H3,(H,20,21). The number of nitrogens with zero attached hydrogens (tertiary/aromatic N) is 4. The van der Waals surface area contributed by atoms with E-state index in [-0.39, 0.29) is 11.5 Å². The summed E-state index contributed by atoms with van der Waals surface area (Å²) in [5.74, 6) is 1.81. The fourth-order valence-electron chi connectivity index (χ4n) is 4.04. The first kappa shape index (κ1) is 19.2. The minimum atomic E-state index is -0.218. The first-order chi connectivity index (χ1) is 12.5. The third kappa shape index (κ3) is 4.57. The number of hydrogen-bond donors (Lipinski definition) is 2.